The summed E-state index contributed by atoms with van der Waals surface area (Å²) in [5, 5.41) is 18.2. The van der Waals surface area contributed by atoms with Crippen molar-refractivity contribution in [2.75, 3.05) is 12.4 Å². The predicted molar refractivity (Wildman–Crippen MR) is 93.7 cm³/mol. The number of anilines is 1. The molecule has 1 atom stereocenters. The van der Waals surface area contributed by atoms with E-state index in [9.17, 15) is 19.7 Å². The first-order chi connectivity index (χ1) is 11.9. The average molecular weight is 363 g/mol. The van der Waals surface area contributed by atoms with Gasteiger partial charge in [-0.05, 0) is 24.4 Å². The number of nitro groups is 1. The van der Waals surface area contributed by atoms with Gasteiger partial charge in [0.2, 0.25) is 0 Å². The molecule has 25 heavy (non-hydrogen) atoms. The fourth-order valence-electron chi connectivity index (χ4n) is 2.04. The minimum Gasteiger partial charge on any atom is -0.449 e. The maximum atomic E-state index is 12.3. The summed E-state index contributed by atoms with van der Waals surface area (Å²) in [7, 11) is 1.58. The van der Waals surface area contributed by atoms with Gasteiger partial charge in [0.05, 0.1) is 17.0 Å². The summed E-state index contributed by atoms with van der Waals surface area (Å²) in [5.41, 5.74) is 0.136. The Balaban J connectivity index is 2.03. The quantitative estimate of drug-likeness (QED) is 0.444. The Morgan fingerprint density at radius 3 is 2.72 bits per heavy atom. The number of nitrogens with one attached hydrogen (secondary N) is 2. The highest BCUT2D eigenvalue weighted by Gasteiger charge is 2.22. The van der Waals surface area contributed by atoms with Crippen molar-refractivity contribution < 1.29 is 19.2 Å². The molecule has 0 aliphatic rings. The summed E-state index contributed by atoms with van der Waals surface area (Å²) >= 11 is 1.50. The number of carbonyl (C=O) groups excluding carboxylic acids is 2. The Labute approximate surface area is 148 Å². The van der Waals surface area contributed by atoms with Crippen LogP contribution < -0.4 is 10.6 Å². The monoisotopic (exact) mass is 363 g/mol. The van der Waals surface area contributed by atoms with Crippen LogP contribution in [0.1, 0.15) is 22.2 Å². The lowest BCUT2D eigenvalue weighted by Gasteiger charge is -2.14. The van der Waals surface area contributed by atoms with Crippen LogP contribution in [0.25, 0.3) is 0 Å². The molecule has 0 radical (unpaired) electrons. The largest absolute Gasteiger partial charge is 0.449 e. The van der Waals surface area contributed by atoms with Gasteiger partial charge in [-0.2, -0.15) is 0 Å². The summed E-state index contributed by atoms with van der Waals surface area (Å²) in [6, 6.07) is 7.56. The highest BCUT2D eigenvalue weighted by Crippen LogP contribution is 2.23. The summed E-state index contributed by atoms with van der Waals surface area (Å²) in [5.74, 6) is -1.26. The second-order valence-electron chi connectivity index (χ2n) is 5.08. The molecule has 132 valence electrons. The minimum atomic E-state index is -1.03. The molecule has 0 spiro atoms. The van der Waals surface area contributed by atoms with Gasteiger partial charge >= 0.3 is 5.97 Å². The third kappa shape index (κ3) is 4.77. The van der Waals surface area contributed by atoms with Gasteiger partial charge < -0.3 is 15.4 Å². The molecule has 2 aromatic rings. The average Bonchev–Trinajstić information content (AvgIpc) is 3.12. The number of nitrogens with zero attached hydrogens (tertiary/aromatic N) is 1. The van der Waals surface area contributed by atoms with Crippen LogP contribution in [0.5, 0.6) is 0 Å². The first-order valence-electron chi connectivity index (χ1n) is 7.39. The Morgan fingerprint density at radius 2 is 2.12 bits per heavy atom. The third-order valence-electron chi connectivity index (χ3n) is 3.37. The van der Waals surface area contributed by atoms with E-state index in [0.717, 1.165) is 10.9 Å². The third-order valence-corrected chi connectivity index (χ3v) is 4.25. The number of hydrogen-bond donors (Lipinski definition) is 2. The van der Waals surface area contributed by atoms with Gasteiger partial charge in [0.25, 0.3) is 11.6 Å². The van der Waals surface area contributed by atoms with Gasteiger partial charge in [-0.3, -0.25) is 14.9 Å². The van der Waals surface area contributed by atoms with Crippen LogP contribution in [0.4, 0.5) is 11.4 Å². The molecule has 8 nitrogen and oxygen atoms in total. The zero-order valence-electron chi connectivity index (χ0n) is 13.6. The van der Waals surface area contributed by atoms with Gasteiger partial charge in [-0.15, -0.1) is 11.3 Å². The first kappa shape index (κ1) is 18.4. The van der Waals surface area contributed by atoms with E-state index in [1.807, 2.05) is 17.5 Å². The predicted octanol–water partition coefficient (Wildman–Crippen LogP) is 2.56. The fraction of sp³-hybridized carbons (Fsp3) is 0.250. The Kier molecular flexibility index (Phi) is 6.07. The molecule has 0 unspecified atom stereocenters. The number of amides is 1. The molecule has 2 rings (SSSR count). The van der Waals surface area contributed by atoms with E-state index in [4.69, 9.17) is 4.74 Å². The van der Waals surface area contributed by atoms with E-state index in [1.54, 1.807) is 7.05 Å². The SMILES string of the molecule is CNc1ccc([N+](=O)[O-])cc1C(=O)O[C@H](C)C(=O)NCc1cccs1. The molecule has 0 aliphatic carbocycles. The highest BCUT2D eigenvalue weighted by atomic mass is 32.1. The van der Waals surface area contributed by atoms with E-state index in [2.05, 4.69) is 10.6 Å². The topological polar surface area (TPSA) is 111 Å². The van der Waals surface area contributed by atoms with Gasteiger partial charge in [-0.25, -0.2) is 4.79 Å². The van der Waals surface area contributed by atoms with Crippen molar-refractivity contribution in [3.05, 3.63) is 56.3 Å². The van der Waals surface area contributed by atoms with Crippen molar-refractivity contribution in [1.82, 2.24) is 5.32 Å². The van der Waals surface area contributed by atoms with Gasteiger partial charge in [0.1, 0.15) is 0 Å². The number of benzene rings is 1. The zero-order valence-corrected chi connectivity index (χ0v) is 14.5. The maximum Gasteiger partial charge on any atom is 0.341 e. The first-order valence-corrected chi connectivity index (χ1v) is 8.27. The number of non-ortho nitro benzene ring substituents is 1. The molecule has 9 heteroatoms. The Morgan fingerprint density at radius 1 is 1.36 bits per heavy atom. The van der Waals surface area contributed by atoms with Gasteiger partial charge in [0, 0.05) is 29.7 Å². The van der Waals surface area contributed by atoms with Gasteiger partial charge in [0.15, 0.2) is 6.10 Å². The molecule has 0 saturated carbocycles. The smallest absolute Gasteiger partial charge is 0.341 e. The second kappa shape index (κ2) is 8.25. The summed E-state index contributed by atoms with van der Waals surface area (Å²) in [6.07, 6.45) is -1.03. The molecule has 0 bridgehead atoms. The lowest BCUT2D eigenvalue weighted by Crippen LogP contribution is -2.35. The molecular weight excluding hydrogens is 346 g/mol. The van der Waals surface area contributed by atoms with Crippen LogP contribution in [-0.2, 0) is 16.1 Å². The van der Waals surface area contributed by atoms with Crippen LogP contribution in [0, 0.1) is 10.1 Å². The van der Waals surface area contributed by atoms with Crippen molar-refractivity contribution in [3.8, 4) is 0 Å². The zero-order chi connectivity index (χ0) is 18.4. The van der Waals surface area contributed by atoms with E-state index < -0.39 is 22.9 Å². The molecular formula is C16H17N3O5S. The second-order valence-corrected chi connectivity index (χ2v) is 6.11. The molecule has 1 aromatic heterocycles. The number of hydrogen-bond acceptors (Lipinski definition) is 7. The molecule has 2 N–H and O–H groups in total. The molecule has 0 saturated heterocycles. The summed E-state index contributed by atoms with van der Waals surface area (Å²) < 4.78 is 5.14. The van der Waals surface area contributed by atoms with Crippen molar-refractivity contribution in [2.45, 2.75) is 19.6 Å². The number of ether oxygens (including phenoxy) is 1. The highest BCUT2D eigenvalue weighted by molar-refractivity contribution is 7.09. The Hall–Kier alpha value is -2.94. The van der Waals surface area contributed by atoms with Crippen molar-refractivity contribution in [3.63, 3.8) is 0 Å². The van der Waals surface area contributed by atoms with Crippen molar-refractivity contribution in [2.24, 2.45) is 0 Å². The molecule has 1 amide bonds. The maximum absolute atomic E-state index is 12.3. The number of rotatable bonds is 7. The van der Waals surface area contributed by atoms with Crippen LogP contribution in [0.3, 0.4) is 0 Å². The standard InChI is InChI=1S/C16H17N3O5S/c1-10(15(20)18-9-12-4-3-7-25-12)24-16(21)13-8-11(19(22)23)5-6-14(13)17-2/h3-8,10,17H,9H2,1-2H3,(H,18,20)/t10-/m1/s1. The van der Waals surface area contributed by atoms with Crippen molar-refractivity contribution in [1.29, 1.82) is 0 Å². The number of esters is 1. The number of carbonyl (C=O) groups is 2. The van der Waals surface area contributed by atoms with E-state index in [0.29, 0.717) is 12.2 Å². The van der Waals surface area contributed by atoms with Crippen LogP contribution in [0.2, 0.25) is 0 Å². The molecule has 1 heterocycles. The molecule has 0 aliphatic heterocycles. The van der Waals surface area contributed by atoms with Crippen molar-refractivity contribution >= 4 is 34.6 Å². The molecule has 1 aromatic carbocycles. The van der Waals surface area contributed by atoms with Crippen LogP contribution in [-0.4, -0.2) is 30.0 Å². The molecule has 0 fully saturated rings. The summed E-state index contributed by atoms with van der Waals surface area (Å²) in [6.45, 7) is 1.79. The number of nitro benzene ring substituents is 1. The lowest BCUT2D eigenvalue weighted by atomic mass is 10.1. The Bertz CT molecular complexity index is 776. The summed E-state index contributed by atoms with van der Waals surface area (Å²) in [4.78, 5) is 35.6. The van der Waals surface area contributed by atoms with Crippen LogP contribution >= 0.6 is 11.3 Å². The van der Waals surface area contributed by atoms with E-state index >= 15 is 0 Å². The minimum absolute atomic E-state index is 0.00499. The number of thiophene rings is 1. The van der Waals surface area contributed by atoms with E-state index in [1.165, 1.54) is 30.4 Å². The fourth-order valence-corrected chi connectivity index (χ4v) is 2.69. The lowest BCUT2D eigenvalue weighted by molar-refractivity contribution is -0.384. The van der Waals surface area contributed by atoms with E-state index in [-0.39, 0.29) is 11.3 Å². The van der Waals surface area contributed by atoms with Crippen LogP contribution in [0.15, 0.2) is 35.7 Å². The van der Waals surface area contributed by atoms with Gasteiger partial charge in [-0.1, -0.05) is 6.07 Å². The normalized spacial score (nSPS) is 11.4.